The summed E-state index contributed by atoms with van der Waals surface area (Å²) in [5.74, 6) is 0. The van der Waals surface area contributed by atoms with E-state index in [1.807, 2.05) is 12.3 Å². The topological polar surface area (TPSA) is 24.9 Å². The molecule has 6 heteroatoms. The van der Waals surface area contributed by atoms with Gasteiger partial charge >= 0.3 is 6.18 Å². The largest absolute Gasteiger partial charge is 0.416 e. The van der Waals surface area contributed by atoms with Crippen molar-refractivity contribution in [2.24, 2.45) is 0 Å². The number of hydrogen-bond donors (Lipinski definition) is 1. The predicted molar refractivity (Wildman–Crippen MR) is 70.3 cm³/mol. The molecule has 1 atom stereocenters. The first kappa shape index (κ1) is 13.9. The molecule has 0 aliphatic carbocycles. The van der Waals surface area contributed by atoms with Gasteiger partial charge in [0.25, 0.3) is 0 Å². The lowest BCUT2D eigenvalue weighted by atomic mass is 10.1. The number of anilines is 1. The average Bonchev–Trinajstić information content (AvgIpc) is 2.84. The summed E-state index contributed by atoms with van der Waals surface area (Å²) in [6, 6.07) is 3.57. The number of benzene rings is 1. The Balaban J connectivity index is 2.25. The Kier molecular flexibility index (Phi) is 3.80. The summed E-state index contributed by atoms with van der Waals surface area (Å²) >= 11 is 1.46. The van der Waals surface area contributed by atoms with Crippen LogP contribution in [-0.2, 0) is 6.18 Å². The summed E-state index contributed by atoms with van der Waals surface area (Å²) in [5.41, 5.74) is 3.13. The average molecular weight is 286 g/mol. The fraction of sp³-hybridized carbons (Fsp3) is 0.308. The van der Waals surface area contributed by atoms with Crippen molar-refractivity contribution in [3.63, 3.8) is 0 Å². The third kappa shape index (κ3) is 3.26. The zero-order valence-corrected chi connectivity index (χ0v) is 11.3. The first-order valence-electron chi connectivity index (χ1n) is 5.70. The Morgan fingerprint density at radius 3 is 2.63 bits per heavy atom. The molecule has 19 heavy (non-hydrogen) atoms. The van der Waals surface area contributed by atoms with Crippen LogP contribution >= 0.6 is 11.3 Å². The van der Waals surface area contributed by atoms with Crippen molar-refractivity contribution < 1.29 is 13.2 Å². The van der Waals surface area contributed by atoms with Crippen molar-refractivity contribution in [3.05, 3.63) is 45.9 Å². The molecule has 102 valence electrons. The highest BCUT2D eigenvalue weighted by Crippen LogP contribution is 2.33. The number of alkyl halides is 3. The minimum atomic E-state index is -4.33. The second kappa shape index (κ2) is 5.21. The van der Waals surface area contributed by atoms with Gasteiger partial charge in [0, 0.05) is 11.1 Å². The van der Waals surface area contributed by atoms with Gasteiger partial charge in [0.2, 0.25) is 0 Å². The van der Waals surface area contributed by atoms with Gasteiger partial charge in [-0.2, -0.15) is 13.2 Å². The first-order chi connectivity index (χ1) is 8.88. The van der Waals surface area contributed by atoms with Gasteiger partial charge in [-0.3, -0.25) is 0 Å². The molecule has 1 N–H and O–H groups in total. The van der Waals surface area contributed by atoms with E-state index in [-0.39, 0.29) is 6.04 Å². The normalized spacial score (nSPS) is 13.3. The van der Waals surface area contributed by atoms with Crippen LogP contribution in [0.5, 0.6) is 0 Å². The third-order valence-corrected chi connectivity index (χ3v) is 3.44. The fourth-order valence-electron chi connectivity index (χ4n) is 1.70. The van der Waals surface area contributed by atoms with E-state index in [0.29, 0.717) is 5.69 Å². The van der Waals surface area contributed by atoms with E-state index in [1.165, 1.54) is 17.4 Å². The second-order valence-electron chi connectivity index (χ2n) is 4.31. The Hall–Kier alpha value is -1.56. The van der Waals surface area contributed by atoms with E-state index in [9.17, 15) is 13.2 Å². The number of nitrogens with one attached hydrogen (secondary N) is 1. The minimum absolute atomic E-state index is 0.131. The lowest BCUT2D eigenvalue weighted by Gasteiger charge is -2.17. The molecule has 0 spiro atoms. The molecule has 1 aromatic heterocycles. The molecule has 0 amide bonds. The van der Waals surface area contributed by atoms with Gasteiger partial charge in [0.15, 0.2) is 0 Å². The van der Waals surface area contributed by atoms with Crippen LogP contribution in [0.2, 0.25) is 0 Å². The monoisotopic (exact) mass is 286 g/mol. The molecular weight excluding hydrogens is 273 g/mol. The van der Waals surface area contributed by atoms with Gasteiger partial charge in [0.05, 0.1) is 22.8 Å². The van der Waals surface area contributed by atoms with Gasteiger partial charge in [-0.25, -0.2) is 4.98 Å². The molecule has 0 fully saturated rings. The molecule has 0 aliphatic rings. The number of aromatic nitrogens is 1. The van der Waals surface area contributed by atoms with Crippen LogP contribution in [0.15, 0.2) is 29.1 Å². The maximum Gasteiger partial charge on any atom is 0.416 e. The minimum Gasteiger partial charge on any atom is -0.377 e. The third-order valence-electron chi connectivity index (χ3n) is 2.83. The molecule has 2 aromatic rings. The van der Waals surface area contributed by atoms with Crippen LogP contribution < -0.4 is 5.32 Å². The summed E-state index contributed by atoms with van der Waals surface area (Å²) in [6.07, 6.45) is -4.33. The van der Waals surface area contributed by atoms with E-state index in [4.69, 9.17) is 0 Å². The van der Waals surface area contributed by atoms with Gasteiger partial charge in [-0.1, -0.05) is 6.07 Å². The van der Waals surface area contributed by atoms with Gasteiger partial charge in [0.1, 0.15) is 0 Å². The number of rotatable bonds is 3. The smallest absolute Gasteiger partial charge is 0.377 e. The SMILES string of the molecule is Cc1ccc(C(F)(F)F)cc1NC(C)c1cscn1. The lowest BCUT2D eigenvalue weighted by molar-refractivity contribution is -0.137. The van der Waals surface area contributed by atoms with Crippen LogP contribution in [0.4, 0.5) is 18.9 Å². The number of aryl methyl sites for hydroxylation is 1. The van der Waals surface area contributed by atoms with E-state index < -0.39 is 11.7 Å². The summed E-state index contributed by atoms with van der Waals surface area (Å²) in [6.45, 7) is 3.64. The zero-order chi connectivity index (χ0) is 14.0. The summed E-state index contributed by atoms with van der Waals surface area (Å²) in [5, 5.41) is 4.94. The summed E-state index contributed by atoms with van der Waals surface area (Å²) in [4.78, 5) is 4.15. The maximum atomic E-state index is 12.7. The highest BCUT2D eigenvalue weighted by atomic mass is 32.1. The molecule has 1 aromatic carbocycles. The van der Waals surface area contributed by atoms with Crippen molar-refractivity contribution in [1.82, 2.24) is 4.98 Å². The zero-order valence-electron chi connectivity index (χ0n) is 10.5. The van der Waals surface area contributed by atoms with E-state index in [1.54, 1.807) is 12.4 Å². The standard InChI is InChI=1S/C13H13F3N2S/c1-8-3-4-10(13(14,15)16)5-11(8)18-9(2)12-6-19-7-17-12/h3-7,9,18H,1-2H3. The lowest BCUT2D eigenvalue weighted by Crippen LogP contribution is -2.10. The van der Waals surface area contributed by atoms with Gasteiger partial charge in [-0.05, 0) is 31.5 Å². The Bertz CT molecular complexity index is 550. The highest BCUT2D eigenvalue weighted by molar-refractivity contribution is 7.07. The highest BCUT2D eigenvalue weighted by Gasteiger charge is 2.30. The number of thiazole rings is 1. The molecular formula is C13H13F3N2S. The molecule has 2 nitrogen and oxygen atoms in total. The van der Waals surface area contributed by atoms with Crippen LogP contribution in [0, 0.1) is 6.92 Å². The van der Waals surface area contributed by atoms with Crippen molar-refractivity contribution in [3.8, 4) is 0 Å². The molecule has 0 radical (unpaired) electrons. The van der Waals surface area contributed by atoms with Crippen LogP contribution in [0.25, 0.3) is 0 Å². The molecule has 1 heterocycles. The number of hydrogen-bond acceptors (Lipinski definition) is 3. The van der Waals surface area contributed by atoms with Crippen molar-refractivity contribution in [2.45, 2.75) is 26.1 Å². The Morgan fingerprint density at radius 1 is 1.32 bits per heavy atom. The van der Waals surface area contributed by atoms with Crippen molar-refractivity contribution in [1.29, 1.82) is 0 Å². The predicted octanol–water partition coefficient (Wildman–Crippen LogP) is 4.64. The molecule has 0 saturated heterocycles. The maximum absolute atomic E-state index is 12.7. The Morgan fingerprint density at radius 2 is 2.05 bits per heavy atom. The van der Waals surface area contributed by atoms with E-state index in [0.717, 1.165) is 23.4 Å². The first-order valence-corrected chi connectivity index (χ1v) is 6.64. The summed E-state index contributed by atoms with van der Waals surface area (Å²) in [7, 11) is 0. The molecule has 2 rings (SSSR count). The molecule has 0 aliphatic heterocycles. The molecule has 0 saturated carbocycles. The number of nitrogens with zero attached hydrogens (tertiary/aromatic N) is 1. The van der Waals surface area contributed by atoms with Crippen LogP contribution in [-0.4, -0.2) is 4.98 Å². The fourth-order valence-corrected chi connectivity index (χ4v) is 2.34. The van der Waals surface area contributed by atoms with Crippen LogP contribution in [0.1, 0.15) is 29.8 Å². The van der Waals surface area contributed by atoms with Crippen LogP contribution in [0.3, 0.4) is 0 Å². The van der Waals surface area contributed by atoms with E-state index in [2.05, 4.69) is 10.3 Å². The van der Waals surface area contributed by atoms with Crippen molar-refractivity contribution >= 4 is 17.0 Å². The quantitative estimate of drug-likeness (QED) is 0.888. The second-order valence-corrected chi connectivity index (χ2v) is 5.03. The molecule has 1 unspecified atom stereocenters. The van der Waals surface area contributed by atoms with Gasteiger partial charge < -0.3 is 5.32 Å². The van der Waals surface area contributed by atoms with E-state index >= 15 is 0 Å². The Labute approximate surface area is 113 Å². The number of halogens is 3. The van der Waals surface area contributed by atoms with Crippen molar-refractivity contribution in [2.75, 3.05) is 5.32 Å². The summed E-state index contributed by atoms with van der Waals surface area (Å²) < 4.78 is 38.0. The van der Waals surface area contributed by atoms with Gasteiger partial charge in [-0.15, -0.1) is 11.3 Å². The molecule has 0 bridgehead atoms.